The van der Waals surface area contributed by atoms with Crippen LogP contribution in [0.25, 0.3) is 0 Å². The highest BCUT2D eigenvalue weighted by Gasteiger charge is 2.41. The highest BCUT2D eigenvalue weighted by atomic mass is 31.2. The van der Waals surface area contributed by atoms with Crippen molar-refractivity contribution in [1.82, 2.24) is 5.09 Å². The summed E-state index contributed by atoms with van der Waals surface area (Å²) in [5.74, 6) is 0.409. The summed E-state index contributed by atoms with van der Waals surface area (Å²) >= 11 is 0. The molecule has 0 bridgehead atoms. The molecule has 0 spiro atoms. The third-order valence-electron chi connectivity index (χ3n) is 2.80. The Kier molecular flexibility index (Phi) is 4.05. The number of ether oxygens (including phenoxy) is 1. The molecule has 0 saturated carbocycles. The lowest BCUT2D eigenvalue weighted by atomic mass is 10.0. The second-order valence-corrected chi connectivity index (χ2v) is 6.02. The van der Waals surface area contributed by atoms with Crippen molar-refractivity contribution in [2.75, 3.05) is 0 Å². The van der Waals surface area contributed by atoms with E-state index in [1.165, 1.54) is 0 Å². The van der Waals surface area contributed by atoms with E-state index in [4.69, 9.17) is 9.26 Å². The lowest BCUT2D eigenvalue weighted by Crippen LogP contribution is -2.29. The normalized spacial score (nSPS) is 27.6. The predicted molar refractivity (Wildman–Crippen MR) is 68.4 cm³/mol. The molecule has 5 nitrogen and oxygen atoms in total. The van der Waals surface area contributed by atoms with Crippen molar-refractivity contribution in [2.45, 2.75) is 44.8 Å². The Balaban J connectivity index is 1.84. The number of carbonyl (C=O) groups excluding carboxylic acids is 1. The van der Waals surface area contributed by atoms with E-state index in [2.05, 4.69) is 5.09 Å². The van der Waals surface area contributed by atoms with Gasteiger partial charge in [0.15, 0.2) is 0 Å². The fourth-order valence-corrected chi connectivity index (χ4v) is 2.88. The number of esters is 1. The van der Waals surface area contributed by atoms with Crippen LogP contribution in [-0.4, -0.2) is 22.5 Å². The molecule has 1 saturated heterocycles. The Labute approximate surface area is 108 Å². The molecule has 1 aliphatic carbocycles. The molecule has 6 heteroatoms. The lowest BCUT2D eigenvalue weighted by Gasteiger charge is -2.18. The Morgan fingerprint density at radius 2 is 2.39 bits per heavy atom. The molecule has 2 N–H and O–H groups in total. The molecular formula is C12H18NO4P. The third kappa shape index (κ3) is 3.55. The molecule has 1 aliphatic heterocycles. The van der Waals surface area contributed by atoms with Gasteiger partial charge in [-0.3, -0.25) is 4.79 Å². The molecule has 100 valence electrons. The second kappa shape index (κ2) is 5.39. The van der Waals surface area contributed by atoms with Crippen molar-refractivity contribution < 1.29 is 18.9 Å². The topological polar surface area (TPSA) is 67.8 Å². The Hall–Kier alpha value is -0.900. The summed E-state index contributed by atoms with van der Waals surface area (Å²) in [6.45, 7) is 3.70. The molecule has 2 rings (SSSR count). The van der Waals surface area contributed by atoms with E-state index in [9.17, 15) is 9.69 Å². The maximum Gasteiger partial charge on any atom is 0.324 e. The average Bonchev–Trinajstić information content (AvgIpc) is 2.53. The molecular weight excluding hydrogens is 253 g/mol. The minimum absolute atomic E-state index is 0.331. The zero-order valence-electron chi connectivity index (χ0n) is 10.5. The van der Waals surface area contributed by atoms with Crippen molar-refractivity contribution in [2.24, 2.45) is 0 Å². The molecule has 2 unspecified atom stereocenters. The van der Waals surface area contributed by atoms with Crippen LogP contribution in [0.3, 0.4) is 0 Å². The van der Waals surface area contributed by atoms with Gasteiger partial charge in [0.25, 0.3) is 0 Å². The fraction of sp³-hybridized carbons (Fsp3) is 0.583. The minimum atomic E-state index is -1.84. The first-order valence-corrected chi connectivity index (χ1v) is 7.19. The van der Waals surface area contributed by atoms with E-state index >= 15 is 0 Å². The van der Waals surface area contributed by atoms with Gasteiger partial charge < -0.3 is 14.2 Å². The average molecular weight is 271 g/mol. The number of hydrogen-bond acceptors (Lipinski definition) is 5. The van der Waals surface area contributed by atoms with Crippen molar-refractivity contribution >= 4 is 14.5 Å². The van der Waals surface area contributed by atoms with Gasteiger partial charge in [0.05, 0.1) is 0 Å². The smallest absolute Gasteiger partial charge is 0.324 e. The number of hydrogen-bond donors (Lipinski definition) is 2. The van der Waals surface area contributed by atoms with Crippen LogP contribution in [-0.2, 0) is 14.1 Å². The lowest BCUT2D eigenvalue weighted by molar-refractivity contribution is -0.147. The van der Waals surface area contributed by atoms with Crippen LogP contribution in [0.15, 0.2) is 24.0 Å². The van der Waals surface area contributed by atoms with Crippen LogP contribution in [0.4, 0.5) is 0 Å². The van der Waals surface area contributed by atoms with Gasteiger partial charge in [-0.15, -0.1) is 0 Å². The van der Waals surface area contributed by atoms with Gasteiger partial charge in [0, 0.05) is 12.8 Å². The number of allylic oxidation sites excluding steroid dienone is 4. The quantitative estimate of drug-likeness (QED) is 0.605. The van der Waals surface area contributed by atoms with E-state index in [1.807, 2.05) is 32.1 Å². The van der Waals surface area contributed by atoms with Gasteiger partial charge in [-0.2, -0.15) is 0 Å². The Morgan fingerprint density at radius 3 is 2.94 bits per heavy atom. The summed E-state index contributed by atoms with van der Waals surface area (Å²) in [6, 6.07) is -0.490. The molecule has 18 heavy (non-hydrogen) atoms. The molecule has 0 aromatic carbocycles. The molecule has 1 fully saturated rings. The summed E-state index contributed by atoms with van der Waals surface area (Å²) in [6.07, 6.45) is 7.98. The van der Waals surface area contributed by atoms with Crippen LogP contribution in [0.5, 0.6) is 0 Å². The van der Waals surface area contributed by atoms with Gasteiger partial charge in [0.1, 0.15) is 17.4 Å². The van der Waals surface area contributed by atoms with Crippen molar-refractivity contribution in [1.29, 1.82) is 0 Å². The summed E-state index contributed by atoms with van der Waals surface area (Å²) in [5.41, 5.74) is -0.474. The predicted octanol–water partition coefficient (Wildman–Crippen LogP) is 2.14. The molecule has 0 aromatic rings. The van der Waals surface area contributed by atoms with Crippen LogP contribution in [0.1, 0.15) is 33.1 Å². The molecule has 0 aromatic heterocycles. The zero-order chi connectivity index (χ0) is 13.2. The molecule has 2 aliphatic rings. The van der Waals surface area contributed by atoms with Crippen molar-refractivity contribution in [3.8, 4) is 0 Å². The maximum absolute atomic E-state index is 11.6. The van der Waals surface area contributed by atoms with E-state index in [0.29, 0.717) is 6.42 Å². The summed E-state index contributed by atoms with van der Waals surface area (Å²) in [5, 5.41) is 2.79. The standard InChI is InChI=1S/C12H18NO4P/c1-12(2)8-10(11(14)16-12)13-18(15)17-9-6-4-3-5-7-9/h3-4,6,10,13,15H,5,7-8H2,1-2H3. The number of nitrogens with one attached hydrogen (secondary N) is 1. The zero-order valence-corrected chi connectivity index (χ0v) is 11.4. The summed E-state index contributed by atoms with van der Waals surface area (Å²) < 4.78 is 10.5. The van der Waals surface area contributed by atoms with Crippen LogP contribution < -0.4 is 5.09 Å². The van der Waals surface area contributed by atoms with Crippen LogP contribution in [0, 0.1) is 0 Å². The number of carbonyl (C=O) groups is 1. The van der Waals surface area contributed by atoms with E-state index in [-0.39, 0.29) is 5.97 Å². The molecule has 0 amide bonds. The van der Waals surface area contributed by atoms with E-state index in [0.717, 1.165) is 18.6 Å². The van der Waals surface area contributed by atoms with Crippen LogP contribution in [0.2, 0.25) is 0 Å². The summed E-state index contributed by atoms with van der Waals surface area (Å²) in [4.78, 5) is 21.4. The first kappa shape index (κ1) is 13.5. The van der Waals surface area contributed by atoms with E-state index < -0.39 is 20.2 Å². The molecule has 1 heterocycles. The van der Waals surface area contributed by atoms with Crippen molar-refractivity contribution in [3.63, 3.8) is 0 Å². The van der Waals surface area contributed by atoms with Gasteiger partial charge in [-0.1, -0.05) is 12.2 Å². The highest BCUT2D eigenvalue weighted by Crippen LogP contribution is 2.36. The monoisotopic (exact) mass is 271 g/mol. The first-order chi connectivity index (χ1) is 8.46. The van der Waals surface area contributed by atoms with Gasteiger partial charge in [-0.25, -0.2) is 5.09 Å². The van der Waals surface area contributed by atoms with Crippen molar-refractivity contribution in [3.05, 3.63) is 24.0 Å². The minimum Gasteiger partial charge on any atom is -0.458 e. The Bertz CT molecular complexity index is 392. The third-order valence-corrected chi connectivity index (χ3v) is 3.74. The van der Waals surface area contributed by atoms with Gasteiger partial charge in [-0.05, 0) is 26.3 Å². The molecule has 0 radical (unpaired) electrons. The van der Waals surface area contributed by atoms with Crippen LogP contribution >= 0.6 is 8.53 Å². The highest BCUT2D eigenvalue weighted by molar-refractivity contribution is 7.44. The van der Waals surface area contributed by atoms with Gasteiger partial charge >= 0.3 is 14.5 Å². The fourth-order valence-electron chi connectivity index (χ4n) is 1.99. The van der Waals surface area contributed by atoms with E-state index in [1.54, 1.807) is 0 Å². The SMILES string of the molecule is CC1(C)CC(NP(O)OC2=CC=CCC2)C(=O)O1. The largest absolute Gasteiger partial charge is 0.458 e. The first-order valence-electron chi connectivity index (χ1n) is 5.98. The molecule has 2 atom stereocenters. The summed E-state index contributed by atoms with van der Waals surface area (Å²) in [7, 11) is -1.84. The Morgan fingerprint density at radius 1 is 1.61 bits per heavy atom. The second-order valence-electron chi connectivity index (χ2n) is 5.03. The number of rotatable bonds is 4. The van der Waals surface area contributed by atoms with Gasteiger partial charge in [0.2, 0.25) is 0 Å². The number of cyclic esters (lactones) is 1. The maximum atomic E-state index is 11.6.